The van der Waals surface area contributed by atoms with Gasteiger partial charge in [0.2, 0.25) is 0 Å². The van der Waals surface area contributed by atoms with Crippen LogP contribution in [0, 0.1) is 6.92 Å². The molecule has 0 aliphatic carbocycles. The Morgan fingerprint density at radius 2 is 1.77 bits per heavy atom. The number of rotatable bonds is 0. The van der Waals surface area contributed by atoms with Crippen molar-refractivity contribution in [2.24, 2.45) is 7.05 Å². The van der Waals surface area contributed by atoms with Crippen molar-refractivity contribution in [3.8, 4) is 0 Å². The average Bonchev–Trinajstić information content (AvgIpc) is 2.38. The van der Waals surface area contributed by atoms with Crippen molar-refractivity contribution in [1.82, 2.24) is 4.57 Å². The van der Waals surface area contributed by atoms with Gasteiger partial charge in [-0.2, -0.15) is 0 Å². The molecule has 1 aromatic heterocycles. The first-order chi connectivity index (χ1) is 6.11. The minimum atomic E-state index is 0.745. The van der Waals surface area contributed by atoms with E-state index >= 15 is 0 Å². The summed E-state index contributed by atoms with van der Waals surface area (Å²) in [6, 6.07) is 5.70. The molecule has 13 heavy (non-hydrogen) atoms. The third-order valence-corrected chi connectivity index (χ3v) is 2.97. The second-order valence-electron chi connectivity index (χ2n) is 3.14. The van der Waals surface area contributed by atoms with E-state index in [1.54, 1.807) is 0 Å². The first kappa shape index (κ1) is 8.92. The molecule has 0 saturated carbocycles. The highest BCUT2D eigenvalue weighted by Gasteiger charge is 2.08. The number of fused-ring (bicyclic) bond motifs is 1. The number of aryl methyl sites for hydroxylation is 2. The van der Waals surface area contributed by atoms with Gasteiger partial charge in [-0.1, -0.05) is 23.2 Å². The van der Waals surface area contributed by atoms with Crippen LogP contribution < -0.4 is 0 Å². The van der Waals surface area contributed by atoms with E-state index in [1.165, 1.54) is 0 Å². The van der Waals surface area contributed by atoms with Crippen molar-refractivity contribution in [2.75, 3.05) is 0 Å². The molecule has 68 valence electrons. The van der Waals surface area contributed by atoms with E-state index < -0.39 is 0 Å². The van der Waals surface area contributed by atoms with E-state index in [1.807, 2.05) is 36.7 Å². The van der Waals surface area contributed by atoms with Crippen LogP contribution in [-0.4, -0.2) is 4.57 Å². The fourth-order valence-electron chi connectivity index (χ4n) is 1.52. The van der Waals surface area contributed by atoms with Gasteiger partial charge in [-0.05, 0) is 25.1 Å². The normalized spacial score (nSPS) is 11.1. The van der Waals surface area contributed by atoms with Crippen molar-refractivity contribution < 1.29 is 0 Å². The summed E-state index contributed by atoms with van der Waals surface area (Å²) in [5.41, 5.74) is 2.16. The Balaban J connectivity index is 3.00. The first-order valence-electron chi connectivity index (χ1n) is 4.01. The van der Waals surface area contributed by atoms with Gasteiger partial charge < -0.3 is 4.57 Å². The van der Waals surface area contributed by atoms with Crippen LogP contribution in [0.2, 0.25) is 10.0 Å². The van der Waals surface area contributed by atoms with Gasteiger partial charge in [0.05, 0.1) is 15.6 Å². The van der Waals surface area contributed by atoms with E-state index in [0.29, 0.717) is 0 Å². The molecule has 1 heterocycles. The van der Waals surface area contributed by atoms with Crippen LogP contribution in [0.15, 0.2) is 18.2 Å². The molecule has 2 aromatic rings. The Kier molecular flexibility index (Phi) is 2.01. The fourth-order valence-corrected chi connectivity index (χ4v) is 2.02. The molecule has 0 aliphatic rings. The predicted molar refractivity (Wildman–Crippen MR) is 57.7 cm³/mol. The lowest BCUT2D eigenvalue weighted by Crippen LogP contribution is -1.89. The van der Waals surface area contributed by atoms with E-state index in [2.05, 4.69) is 0 Å². The highest BCUT2D eigenvalue weighted by Crippen LogP contribution is 2.31. The van der Waals surface area contributed by atoms with E-state index in [4.69, 9.17) is 23.2 Å². The molecule has 0 saturated heterocycles. The lowest BCUT2D eigenvalue weighted by Gasteiger charge is -2.01. The molecular weight excluding hydrogens is 205 g/mol. The Hall–Kier alpha value is -0.660. The second kappa shape index (κ2) is 2.93. The average molecular weight is 214 g/mol. The summed E-state index contributed by atoms with van der Waals surface area (Å²) < 4.78 is 2.05. The van der Waals surface area contributed by atoms with Gasteiger partial charge in [-0.25, -0.2) is 0 Å². The topological polar surface area (TPSA) is 4.93 Å². The standard InChI is InChI=1S/C10H9Cl2N/c1-6-5-7-8(11)3-4-9(12)10(7)13(6)2/h3-5H,1-2H3. The molecule has 3 heteroatoms. The number of nitrogens with zero attached hydrogens (tertiary/aromatic N) is 1. The van der Waals surface area contributed by atoms with E-state index in [0.717, 1.165) is 26.6 Å². The van der Waals surface area contributed by atoms with Crippen molar-refractivity contribution in [1.29, 1.82) is 0 Å². The van der Waals surface area contributed by atoms with E-state index in [9.17, 15) is 0 Å². The van der Waals surface area contributed by atoms with Crippen LogP contribution >= 0.6 is 23.2 Å². The molecule has 0 radical (unpaired) electrons. The third kappa shape index (κ3) is 1.23. The number of hydrogen-bond acceptors (Lipinski definition) is 0. The number of aromatic nitrogens is 1. The minimum Gasteiger partial charge on any atom is -0.347 e. The zero-order valence-corrected chi connectivity index (χ0v) is 8.95. The summed E-state index contributed by atoms with van der Waals surface area (Å²) >= 11 is 12.1. The number of halogens is 2. The van der Waals surface area contributed by atoms with Crippen LogP contribution in [0.25, 0.3) is 10.9 Å². The lowest BCUT2D eigenvalue weighted by atomic mass is 10.2. The largest absolute Gasteiger partial charge is 0.347 e. The quantitative estimate of drug-likeness (QED) is 0.628. The molecule has 0 fully saturated rings. The van der Waals surface area contributed by atoms with Crippen LogP contribution in [0.4, 0.5) is 0 Å². The molecule has 0 aliphatic heterocycles. The van der Waals surface area contributed by atoms with Gasteiger partial charge in [0.15, 0.2) is 0 Å². The number of benzene rings is 1. The minimum absolute atomic E-state index is 0.745. The summed E-state index contributed by atoms with van der Waals surface area (Å²) in [5, 5.41) is 2.52. The monoisotopic (exact) mass is 213 g/mol. The highest BCUT2D eigenvalue weighted by molar-refractivity contribution is 6.40. The zero-order valence-electron chi connectivity index (χ0n) is 7.44. The predicted octanol–water partition coefficient (Wildman–Crippen LogP) is 3.79. The summed E-state index contributed by atoms with van der Waals surface area (Å²) in [7, 11) is 1.99. The highest BCUT2D eigenvalue weighted by atomic mass is 35.5. The maximum absolute atomic E-state index is 6.07. The zero-order chi connectivity index (χ0) is 9.59. The molecule has 2 rings (SSSR count). The Morgan fingerprint density at radius 3 is 2.38 bits per heavy atom. The molecule has 0 spiro atoms. The van der Waals surface area contributed by atoms with Gasteiger partial charge in [0.1, 0.15) is 0 Å². The molecule has 0 atom stereocenters. The van der Waals surface area contributed by atoms with Gasteiger partial charge in [0, 0.05) is 18.1 Å². The van der Waals surface area contributed by atoms with Crippen molar-refractivity contribution >= 4 is 34.1 Å². The van der Waals surface area contributed by atoms with Crippen molar-refractivity contribution in [3.63, 3.8) is 0 Å². The van der Waals surface area contributed by atoms with Crippen molar-refractivity contribution in [3.05, 3.63) is 33.9 Å². The van der Waals surface area contributed by atoms with Gasteiger partial charge in [-0.3, -0.25) is 0 Å². The summed E-state index contributed by atoms with van der Waals surface area (Å²) in [4.78, 5) is 0. The van der Waals surface area contributed by atoms with Gasteiger partial charge in [0.25, 0.3) is 0 Å². The molecule has 0 bridgehead atoms. The summed E-state index contributed by atoms with van der Waals surface area (Å²) in [6.45, 7) is 2.03. The van der Waals surface area contributed by atoms with Crippen LogP contribution in [0.3, 0.4) is 0 Å². The van der Waals surface area contributed by atoms with Crippen molar-refractivity contribution in [2.45, 2.75) is 6.92 Å². The lowest BCUT2D eigenvalue weighted by molar-refractivity contribution is 0.918. The maximum atomic E-state index is 6.07. The van der Waals surface area contributed by atoms with Crippen LogP contribution in [-0.2, 0) is 7.05 Å². The van der Waals surface area contributed by atoms with Gasteiger partial charge in [-0.15, -0.1) is 0 Å². The third-order valence-electron chi connectivity index (χ3n) is 2.33. The molecule has 1 nitrogen and oxygen atoms in total. The number of hydrogen-bond donors (Lipinski definition) is 0. The van der Waals surface area contributed by atoms with Gasteiger partial charge >= 0.3 is 0 Å². The second-order valence-corrected chi connectivity index (χ2v) is 3.95. The first-order valence-corrected chi connectivity index (χ1v) is 4.77. The van der Waals surface area contributed by atoms with E-state index in [-0.39, 0.29) is 0 Å². The fraction of sp³-hybridized carbons (Fsp3) is 0.200. The Labute approximate surface area is 86.9 Å². The molecule has 0 N–H and O–H groups in total. The summed E-state index contributed by atoms with van der Waals surface area (Å²) in [5.74, 6) is 0. The Bertz CT molecular complexity index is 471. The molecule has 0 unspecified atom stereocenters. The summed E-state index contributed by atoms with van der Waals surface area (Å²) in [6.07, 6.45) is 0. The van der Waals surface area contributed by atoms with Crippen LogP contribution in [0.1, 0.15) is 5.69 Å². The smallest absolute Gasteiger partial charge is 0.0684 e. The molecular formula is C10H9Cl2N. The molecule has 0 amide bonds. The maximum Gasteiger partial charge on any atom is 0.0684 e. The SMILES string of the molecule is Cc1cc2c(Cl)ccc(Cl)c2n1C. The Morgan fingerprint density at radius 1 is 1.15 bits per heavy atom. The van der Waals surface area contributed by atoms with Crippen LogP contribution in [0.5, 0.6) is 0 Å². The molecule has 1 aromatic carbocycles.